The van der Waals surface area contributed by atoms with Gasteiger partial charge in [0.1, 0.15) is 51.5 Å². The van der Waals surface area contributed by atoms with Crippen LogP contribution in [0.2, 0.25) is 5.02 Å². The van der Waals surface area contributed by atoms with E-state index in [0.29, 0.717) is 96.6 Å². The number of sulfonamides is 1. The Morgan fingerprint density at radius 1 is 1.14 bits per heavy atom. The molecule has 5 aliphatic rings. The average Bonchev–Trinajstić information content (AvgIpc) is 4.10. The molecule has 1 aromatic carbocycles. The third kappa shape index (κ3) is 8.01. The van der Waals surface area contributed by atoms with Crippen molar-refractivity contribution in [1.29, 1.82) is 0 Å². The molecule has 3 N–H and O–H groups in total. The summed E-state index contributed by atoms with van der Waals surface area (Å²) in [4.78, 5) is 55.8. The number of carbonyl (C=O) groups excluding carboxylic acids is 3. The van der Waals surface area contributed by atoms with Crippen LogP contribution in [0.15, 0.2) is 23.6 Å². The van der Waals surface area contributed by atoms with Crippen molar-refractivity contribution in [3.05, 3.63) is 34.3 Å². The predicted octanol–water partition coefficient (Wildman–Crippen LogP) is 3.84. The molecule has 5 fully saturated rings. The number of halogens is 1. The standard InChI is InChI=1S/C40H52ClN7O8S2/c1-5-23-19-40(23,39(51)46-58(52,53)24-7-8-24)45-36(49)29-18-33(30-20-42-26(6-2)38(50)48(29)30)56-32-17-27(37-44-28(21-57-37)22(3)4)43-35-25(32)9-10-31(34(35)41)55-16-13-47-11-14-54-15-12-47/h9-10,17,21-24,26,29-30,33,42H,5-8,11-16,18-20H2,1-4H3,(H,45,49)(H,46,51)/t23-,26-,29+,30-,33-,40-/m1/s1. The summed E-state index contributed by atoms with van der Waals surface area (Å²) in [6.07, 6.45) is 1.90. The summed E-state index contributed by atoms with van der Waals surface area (Å²) >= 11 is 8.57. The van der Waals surface area contributed by atoms with Gasteiger partial charge >= 0.3 is 0 Å². The number of fused-ring (bicyclic) bond motifs is 2. The molecule has 3 amide bonds. The molecule has 3 saturated heterocycles. The van der Waals surface area contributed by atoms with Gasteiger partial charge in [0.25, 0.3) is 5.91 Å². The second kappa shape index (κ2) is 16.4. The van der Waals surface area contributed by atoms with Gasteiger partial charge in [-0.05, 0) is 49.7 Å². The number of thiazole rings is 1. The fourth-order valence-corrected chi connectivity index (χ4v) is 11.0. The van der Waals surface area contributed by atoms with Gasteiger partial charge in [-0.15, -0.1) is 11.3 Å². The van der Waals surface area contributed by atoms with Crippen LogP contribution in [0.4, 0.5) is 0 Å². The van der Waals surface area contributed by atoms with Gasteiger partial charge in [-0.3, -0.25) is 24.0 Å². The van der Waals surface area contributed by atoms with Gasteiger partial charge in [0.2, 0.25) is 21.8 Å². The Labute approximate surface area is 347 Å². The molecule has 2 saturated carbocycles. The van der Waals surface area contributed by atoms with E-state index < -0.39 is 56.9 Å². The molecule has 0 unspecified atom stereocenters. The molecule has 2 aromatic heterocycles. The summed E-state index contributed by atoms with van der Waals surface area (Å²) in [6, 6.07) is 3.52. The van der Waals surface area contributed by atoms with Crippen molar-refractivity contribution < 1.29 is 37.0 Å². The normalized spacial score (nSPS) is 27.4. The van der Waals surface area contributed by atoms with E-state index >= 15 is 0 Å². The zero-order valence-electron chi connectivity index (χ0n) is 33.3. The second-order valence-corrected chi connectivity index (χ2v) is 19.5. The lowest BCUT2D eigenvalue weighted by molar-refractivity contribution is -0.145. The molecule has 5 heterocycles. The lowest BCUT2D eigenvalue weighted by Crippen LogP contribution is -2.64. The average molecular weight is 858 g/mol. The van der Waals surface area contributed by atoms with Crippen LogP contribution in [0.3, 0.4) is 0 Å². The topological polar surface area (TPSA) is 181 Å². The van der Waals surface area contributed by atoms with Gasteiger partial charge in [-0.1, -0.05) is 45.7 Å². The number of carbonyl (C=O) groups is 3. The van der Waals surface area contributed by atoms with Crippen molar-refractivity contribution in [1.82, 2.24) is 35.1 Å². The number of nitrogens with one attached hydrogen (secondary N) is 3. The molecule has 8 rings (SSSR count). The Morgan fingerprint density at radius 2 is 1.91 bits per heavy atom. The van der Waals surface area contributed by atoms with Crippen LogP contribution in [-0.4, -0.2) is 127 Å². The van der Waals surface area contributed by atoms with Crippen molar-refractivity contribution in [2.45, 2.75) is 107 Å². The van der Waals surface area contributed by atoms with E-state index in [4.69, 9.17) is 35.8 Å². The highest BCUT2D eigenvalue weighted by Gasteiger charge is 2.63. The zero-order chi connectivity index (χ0) is 40.9. The molecule has 3 aromatic rings. The van der Waals surface area contributed by atoms with Crippen LogP contribution < -0.4 is 24.8 Å². The van der Waals surface area contributed by atoms with Crippen LogP contribution >= 0.6 is 22.9 Å². The molecule has 58 heavy (non-hydrogen) atoms. The zero-order valence-corrected chi connectivity index (χ0v) is 35.7. The van der Waals surface area contributed by atoms with E-state index in [1.165, 1.54) is 11.3 Å². The van der Waals surface area contributed by atoms with Crippen molar-refractivity contribution >= 4 is 61.6 Å². The highest BCUT2D eigenvalue weighted by molar-refractivity contribution is 7.91. The van der Waals surface area contributed by atoms with E-state index in [9.17, 15) is 22.8 Å². The van der Waals surface area contributed by atoms with E-state index in [1.807, 2.05) is 31.4 Å². The molecule has 0 spiro atoms. The summed E-state index contributed by atoms with van der Waals surface area (Å²) in [6.45, 7) is 12.6. The largest absolute Gasteiger partial charge is 0.491 e. The Bertz CT molecular complexity index is 2180. The van der Waals surface area contributed by atoms with Gasteiger partial charge in [0.05, 0.1) is 41.8 Å². The minimum Gasteiger partial charge on any atom is -0.491 e. The number of pyridine rings is 1. The van der Waals surface area contributed by atoms with Gasteiger partial charge in [0, 0.05) is 49.4 Å². The lowest BCUT2D eigenvalue weighted by atomic mass is 10.1. The molecular formula is C40H52ClN7O8S2. The number of piperazine rings is 1. The van der Waals surface area contributed by atoms with Crippen molar-refractivity contribution in [2.24, 2.45) is 5.92 Å². The number of ether oxygens (including phenoxy) is 3. The molecular weight excluding hydrogens is 806 g/mol. The van der Waals surface area contributed by atoms with Gasteiger partial charge < -0.3 is 29.7 Å². The molecule has 3 aliphatic heterocycles. The summed E-state index contributed by atoms with van der Waals surface area (Å²) < 4.78 is 46.4. The number of benzene rings is 1. The highest BCUT2D eigenvalue weighted by Crippen LogP contribution is 2.47. The minimum atomic E-state index is -3.83. The summed E-state index contributed by atoms with van der Waals surface area (Å²) in [5.74, 6) is -0.531. The maximum absolute atomic E-state index is 14.4. The molecule has 15 nitrogen and oxygen atoms in total. The lowest BCUT2D eigenvalue weighted by Gasteiger charge is -2.39. The Kier molecular flexibility index (Phi) is 11.7. The monoisotopic (exact) mass is 857 g/mol. The number of rotatable bonds is 15. The molecule has 2 aliphatic carbocycles. The fraction of sp³-hybridized carbons (Fsp3) is 0.625. The maximum Gasteiger partial charge on any atom is 0.259 e. The Hall–Kier alpha value is -3.61. The van der Waals surface area contributed by atoms with Crippen LogP contribution in [0, 0.1) is 5.92 Å². The number of morpholine rings is 1. The first-order valence-corrected chi connectivity index (χ1v) is 23.3. The van der Waals surface area contributed by atoms with Crippen LogP contribution in [0.5, 0.6) is 11.5 Å². The van der Waals surface area contributed by atoms with Crippen molar-refractivity contribution in [3.63, 3.8) is 0 Å². The first-order chi connectivity index (χ1) is 27.8. The number of nitrogens with zero attached hydrogens (tertiary/aromatic N) is 4. The van der Waals surface area contributed by atoms with Crippen molar-refractivity contribution in [3.8, 4) is 22.2 Å². The van der Waals surface area contributed by atoms with Gasteiger partial charge in [-0.2, -0.15) is 0 Å². The number of hydrogen-bond acceptors (Lipinski definition) is 13. The number of hydrogen-bond donors (Lipinski definition) is 3. The molecule has 18 heteroatoms. The first-order valence-electron chi connectivity index (χ1n) is 20.5. The predicted molar refractivity (Wildman–Crippen MR) is 220 cm³/mol. The summed E-state index contributed by atoms with van der Waals surface area (Å²) in [5, 5.41) is 9.37. The molecule has 0 bridgehead atoms. The van der Waals surface area contributed by atoms with E-state index in [0.717, 1.165) is 25.3 Å². The quantitative estimate of drug-likeness (QED) is 0.201. The Morgan fingerprint density at radius 3 is 2.59 bits per heavy atom. The first kappa shape index (κ1) is 41.1. The second-order valence-electron chi connectivity index (χ2n) is 16.3. The Balaban J connectivity index is 1.10. The van der Waals surface area contributed by atoms with Crippen LogP contribution in [0.1, 0.15) is 77.8 Å². The van der Waals surface area contributed by atoms with E-state index in [2.05, 4.69) is 34.1 Å². The smallest absolute Gasteiger partial charge is 0.259 e. The third-order valence-electron chi connectivity index (χ3n) is 12.2. The fourth-order valence-electron chi connectivity index (χ4n) is 8.42. The van der Waals surface area contributed by atoms with E-state index in [-0.39, 0.29) is 24.2 Å². The molecule has 0 radical (unpaired) electrons. The maximum atomic E-state index is 14.4. The SMILES string of the molecule is CC[C@@H]1C[C@]1(NC(=O)[C@@H]1C[C@@H](Oc2cc(-c3nc(C(C)C)cs3)nc3c(Cl)c(OCCN4CCOCC4)ccc23)[C@H]2CN[C@H](CC)C(=O)N21)C(=O)NS(=O)(=O)C1CC1. The minimum absolute atomic E-state index is 0.138. The highest BCUT2D eigenvalue weighted by atomic mass is 35.5. The number of amides is 3. The van der Waals surface area contributed by atoms with Gasteiger partial charge in [-0.25, -0.2) is 18.4 Å². The summed E-state index contributed by atoms with van der Waals surface area (Å²) in [5.41, 5.74) is 0.598. The third-order valence-corrected chi connectivity index (χ3v) is 15.3. The van der Waals surface area contributed by atoms with Crippen LogP contribution in [0.25, 0.3) is 21.6 Å². The van der Waals surface area contributed by atoms with E-state index in [1.54, 1.807) is 11.0 Å². The summed E-state index contributed by atoms with van der Waals surface area (Å²) in [7, 11) is -3.83. The molecule has 6 atom stereocenters. The van der Waals surface area contributed by atoms with Crippen LogP contribution in [-0.2, 0) is 29.1 Å². The van der Waals surface area contributed by atoms with Crippen molar-refractivity contribution in [2.75, 3.05) is 46.0 Å². The number of aromatic nitrogens is 2. The molecule has 314 valence electrons. The van der Waals surface area contributed by atoms with Gasteiger partial charge in [0.15, 0.2) is 0 Å².